The number of nitrogens with one attached hydrogen (secondary N) is 1. The van der Waals surface area contributed by atoms with Gasteiger partial charge in [-0.3, -0.25) is 5.32 Å². The van der Waals surface area contributed by atoms with Crippen LogP contribution in [0.2, 0.25) is 0 Å². The van der Waals surface area contributed by atoms with Gasteiger partial charge in [0, 0.05) is 24.7 Å². The fourth-order valence-corrected chi connectivity index (χ4v) is 2.38. The summed E-state index contributed by atoms with van der Waals surface area (Å²) < 4.78 is 5.31. The van der Waals surface area contributed by atoms with Crippen LogP contribution in [0, 0.1) is 11.8 Å². The first-order chi connectivity index (χ1) is 11.0. The normalized spacial score (nSPS) is 11.0. The van der Waals surface area contributed by atoms with Crippen molar-refractivity contribution in [3.05, 3.63) is 36.4 Å². The number of anilines is 1. The van der Waals surface area contributed by atoms with Crippen LogP contribution < -0.4 is 5.32 Å². The van der Waals surface area contributed by atoms with E-state index in [9.17, 15) is 4.79 Å². The van der Waals surface area contributed by atoms with Crippen LogP contribution in [0.25, 0.3) is 11.3 Å². The highest BCUT2D eigenvalue weighted by Gasteiger charge is 2.18. The summed E-state index contributed by atoms with van der Waals surface area (Å²) in [7, 11) is 0. The van der Waals surface area contributed by atoms with Gasteiger partial charge in [-0.25, -0.2) is 4.79 Å². The van der Waals surface area contributed by atoms with E-state index >= 15 is 0 Å². The minimum absolute atomic E-state index is 0.139. The standard InChI is InChI=1S/C18H25N3O2/c1-13(2)11-21(12-14(3)4)18(22)19-17-10-16(23-20-17)15-8-6-5-7-9-15/h5-10,13-14H,11-12H2,1-4H3,(H,19,20,22). The van der Waals surface area contributed by atoms with Crippen LogP contribution in [0.1, 0.15) is 27.7 Å². The Labute approximate surface area is 137 Å². The number of hydrogen-bond acceptors (Lipinski definition) is 3. The van der Waals surface area contributed by atoms with Gasteiger partial charge in [-0.05, 0) is 11.8 Å². The van der Waals surface area contributed by atoms with E-state index in [1.54, 1.807) is 6.07 Å². The molecule has 0 aliphatic carbocycles. The van der Waals surface area contributed by atoms with Gasteiger partial charge in [-0.1, -0.05) is 63.2 Å². The van der Waals surface area contributed by atoms with Crippen LogP contribution in [-0.2, 0) is 0 Å². The molecule has 5 nitrogen and oxygen atoms in total. The summed E-state index contributed by atoms with van der Waals surface area (Å²) in [6.07, 6.45) is 0. The molecule has 0 fully saturated rings. The fourth-order valence-electron chi connectivity index (χ4n) is 2.38. The summed E-state index contributed by atoms with van der Waals surface area (Å²) >= 11 is 0. The number of nitrogens with zero attached hydrogens (tertiary/aromatic N) is 2. The molecule has 124 valence electrons. The van der Waals surface area contributed by atoms with E-state index in [1.165, 1.54) is 0 Å². The number of amides is 2. The Morgan fingerprint density at radius 3 is 2.30 bits per heavy atom. The number of carbonyl (C=O) groups excluding carboxylic acids is 1. The second-order valence-corrected chi connectivity index (χ2v) is 6.57. The molecule has 0 saturated heterocycles. The maximum atomic E-state index is 12.5. The molecule has 0 spiro atoms. The summed E-state index contributed by atoms with van der Waals surface area (Å²) in [4.78, 5) is 14.3. The first-order valence-electron chi connectivity index (χ1n) is 8.03. The molecular formula is C18H25N3O2. The summed E-state index contributed by atoms with van der Waals surface area (Å²) in [6, 6.07) is 11.3. The van der Waals surface area contributed by atoms with E-state index in [2.05, 4.69) is 38.2 Å². The second-order valence-electron chi connectivity index (χ2n) is 6.57. The molecule has 1 N–H and O–H groups in total. The summed E-state index contributed by atoms with van der Waals surface area (Å²) in [5.41, 5.74) is 0.932. The fraction of sp³-hybridized carbons (Fsp3) is 0.444. The van der Waals surface area contributed by atoms with Crippen molar-refractivity contribution in [3.8, 4) is 11.3 Å². The van der Waals surface area contributed by atoms with E-state index in [0.29, 0.717) is 36.5 Å². The van der Waals surface area contributed by atoms with Crippen LogP contribution >= 0.6 is 0 Å². The molecule has 0 bridgehead atoms. The average Bonchev–Trinajstić information content (AvgIpc) is 2.95. The Morgan fingerprint density at radius 1 is 1.13 bits per heavy atom. The molecule has 0 atom stereocenters. The van der Waals surface area contributed by atoms with Gasteiger partial charge in [-0.15, -0.1) is 0 Å². The van der Waals surface area contributed by atoms with Crippen LogP contribution in [0.3, 0.4) is 0 Å². The first kappa shape index (κ1) is 17.1. The van der Waals surface area contributed by atoms with Crippen molar-refractivity contribution in [2.24, 2.45) is 11.8 Å². The maximum Gasteiger partial charge on any atom is 0.323 e. The van der Waals surface area contributed by atoms with Crippen LogP contribution in [-0.4, -0.2) is 29.2 Å². The maximum absolute atomic E-state index is 12.5. The third-order valence-electron chi connectivity index (χ3n) is 3.26. The Kier molecular flexibility index (Phi) is 5.79. The SMILES string of the molecule is CC(C)CN(CC(C)C)C(=O)Nc1cc(-c2ccccc2)on1. The average molecular weight is 315 g/mol. The predicted molar refractivity (Wildman–Crippen MR) is 92.2 cm³/mol. The smallest absolute Gasteiger partial charge is 0.323 e. The minimum atomic E-state index is -0.139. The van der Waals surface area contributed by atoms with Gasteiger partial charge in [0.2, 0.25) is 0 Å². The molecule has 5 heteroatoms. The largest absolute Gasteiger partial charge is 0.354 e. The van der Waals surface area contributed by atoms with E-state index in [4.69, 9.17) is 4.52 Å². The summed E-state index contributed by atoms with van der Waals surface area (Å²) in [5.74, 6) is 1.90. The monoisotopic (exact) mass is 315 g/mol. The lowest BCUT2D eigenvalue weighted by atomic mass is 10.1. The number of urea groups is 1. The summed E-state index contributed by atoms with van der Waals surface area (Å²) in [5, 5.41) is 6.76. The Bertz CT molecular complexity index is 610. The van der Waals surface area contributed by atoms with Gasteiger partial charge >= 0.3 is 6.03 Å². The lowest BCUT2D eigenvalue weighted by Gasteiger charge is -2.26. The van der Waals surface area contributed by atoms with Gasteiger partial charge in [0.25, 0.3) is 0 Å². The molecule has 2 amide bonds. The molecule has 0 aliphatic rings. The number of aromatic nitrogens is 1. The third-order valence-corrected chi connectivity index (χ3v) is 3.26. The Balaban J connectivity index is 2.05. The zero-order valence-corrected chi connectivity index (χ0v) is 14.2. The van der Waals surface area contributed by atoms with Crippen molar-refractivity contribution in [2.75, 3.05) is 18.4 Å². The molecule has 0 radical (unpaired) electrons. The molecule has 1 aromatic heterocycles. The van der Waals surface area contributed by atoms with Crippen molar-refractivity contribution in [3.63, 3.8) is 0 Å². The first-order valence-corrected chi connectivity index (χ1v) is 8.03. The molecular weight excluding hydrogens is 290 g/mol. The van der Waals surface area contributed by atoms with Crippen LogP contribution in [0.15, 0.2) is 40.9 Å². The lowest BCUT2D eigenvalue weighted by Crippen LogP contribution is -2.39. The number of hydrogen-bond donors (Lipinski definition) is 1. The number of rotatable bonds is 6. The van der Waals surface area contributed by atoms with E-state index in [0.717, 1.165) is 5.56 Å². The van der Waals surface area contributed by atoms with Gasteiger partial charge in [0.15, 0.2) is 11.6 Å². The molecule has 1 heterocycles. The molecule has 0 saturated carbocycles. The van der Waals surface area contributed by atoms with Crippen LogP contribution in [0.5, 0.6) is 0 Å². The minimum Gasteiger partial charge on any atom is -0.354 e. The van der Waals surface area contributed by atoms with Crippen molar-refractivity contribution in [2.45, 2.75) is 27.7 Å². The lowest BCUT2D eigenvalue weighted by molar-refractivity contribution is 0.196. The van der Waals surface area contributed by atoms with Crippen molar-refractivity contribution in [1.29, 1.82) is 0 Å². The topological polar surface area (TPSA) is 58.4 Å². The highest BCUT2D eigenvalue weighted by atomic mass is 16.5. The molecule has 23 heavy (non-hydrogen) atoms. The van der Waals surface area contributed by atoms with E-state index in [-0.39, 0.29) is 6.03 Å². The number of carbonyl (C=O) groups is 1. The molecule has 0 unspecified atom stereocenters. The van der Waals surface area contributed by atoms with Crippen molar-refractivity contribution in [1.82, 2.24) is 10.1 Å². The zero-order chi connectivity index (χ0) is 16.8. The quantitative estimate of drug-likeness (QED) is 0.854. The molecule has 2 rings (SSSR count). The Morgan fingerprint density at radius 2 is 1.74 bits per heavy atom. The second kappa shape index (κ2) is 7.81. The highest BCUT2D eigenvalue weighted by Crippen LogP contribution is 2.22. The predicted octanol–water partition coefficient (Wildman–Crippen LogP) is 4.49. The van der Waals surface area contributed by atoms with Crippen molar-refractivity contribution >= 4 is 11.8 Å². The molecule has 1 aromatic carbocycles. The van der Waals surface area contributed by atoms with E-state index < -0.39 is 0 Å². The van der Waals surface area contributed by atoms with Crippen LogP contribution in [0.4, 0.5) is 10.6 Å². The Hall–Kier alpha value is -2.30. The zero-order valence-electron chi connectivity index (χ0n) is 14.2. The highest BCUT2D eigenvalue weighted by molar-refractivity contribution is 5.88. The van der Waals surface area contributed by atoms with E-state index in [1.807, 2.05) is 35.2 Å². The molecule has 2 aromatic rings. The number of benzene rings is 1. The summed E-state index contributed by atoms with van der Waals surface area (Å²) in [6.45, 7) is 9.84. The third kappa shape index (κ3) is 5.13. The molecule has 0 aliphatic heterocycles. The van der Waals surface area contributed by atoms with Crippen molar-refractivity contribution < 1.29 is 9.32 Å². The van der Waals surface area contributed by atoms with Gasteiger partial charge in [-0.2, -0.15) is 0 Å². The van der Waals surface area contributed by atoms with Gasteiger partial charge in [0.05, 0.1) is 0 Å². The van der Waals surface area contributed by atoms with Gasteiger partial charge in [0.1, 0.15) is 0 Å². The van der Waals surface area contributed by atoms with Gasteiger partial charge < -0.3 is 9.42 Å².